The molecule has 200 valence electrons. The van der Waals surface area contributed by atoms with Gasteiger partial charge in [0.2, 0.25) is 0 Å². The third-order valence-electron chi connectivity index (χ3n) is 5.76. The molecule has 0 aromatic heterocycles. The molecule has 38 heavy (non-hydrogen) atoms. The summed E-state index contributed by atoms with van der Waals surface area (Å²) in [6, 6.07) is 22.6. The second-order valence-corrected chi connectivity index (χ2v) is 8.71. The van der Waals surface area contributed by atoms with Crippen molar-refractivity contribution >= 4 is 5.97 Å². The molecular formula is C32H36O6. The molecule has 0 aliphatic heterocycles. The maximum absolute atomic E-state index is 12.5. The van der Waals surface area contributed by atoms with E-state index in [1.165, 1.54) is 7.11 Å². The van der Waals surface area contributed by atoms with Crippen molar-refractivity contribution in [2.24, 2.45) is 0 Å². The van der Waals surface area contributed by atoms with Crippen molar-refractivity contribution < 1.29 is 33.0 Å². The van der Waals surface area contributed by atoms with Gasteiger partial charge in [0.25, 0.3) is 0 Å². The van der Waals surface area contributed by atoms with Crippen molar-refractivity contribution in [3.8, 4) is 28.7 Å². The summed E-state index contributed by atoms with van der Waals surface area (Å²) in [5.74, 6) is 6.46. The number of carbonyl (C=O) groups is 1. The van der Waals surface area contributed by atoms with E-state index in [4.69, 9.17) is 28.2 Å². The zero-order chi connectivity index (χ0) is 29.5. The van der Waals surface area contributed by atoms with Gasteiger partial charge in [-0.1, -0.05) is 42.5 Å². The van der Waals surface area contributed by atoms with Gasteiger partial charge in [-0.15, -0.1) is 0 Å². The number of aliphatic hydroxyl groups excluding tert-OH is 1. The molecule has 6 heteroatoms. The van der Waals surface area contributed by atoms with Crippen LogP contribution in [0.25, 0.3) is 11.1 Å². The Balaban J connectivity index is 1.52. The molecule has 3 aromatic carbocycles. The molecule has 1 N–H and O–H groups in total. The van der Waals surface area contributed by atoms with E-state index in [0.29, 0.717) is 12.2 Å². The minimum Gasteiger partial charge on any atom is -0.494 e. The summed E-state index contributed by atoms with van der Waals surface area (Å²) < 4.78 is 42.3. The number of benzene rings is 3. The maximum atomic E-state index is 12.5. The predicted octanol–water partition coefficient (Wildman–Crippen LogP) is 5.50. The van der Waals surface area contributed by atoms with Gasteiger partial charge >= 0.3 is 5.97 Å². The summed E-state index contributed by atoms with van der Waals surface area (Å²) in [6.45, 7) is 0.629. The number of ether oxygens (including phenoxy) is 4. The Hall–Kier alpha value is -3.63. The molecule has 6 nitrogen and oxygen atoms in total. The zero-order valence-electron chi connectivity index (χ0n) is 24.7. The lowest BCUT2D eigenvalue weighted by Crippen LogP contribution is -2.27. The fraction of sp³-hybridized carbons (Fsp3) is 0.344. The van der Waals surface area contributed by atoms with Crippen LogP contribution in [0.2, 0.25) is 0 Å². The normalized spacial score (nSPS) is 12.8. The molecule has 0 saturated carbocycles. The number of esters is 1. The van der Waals surface area contributed by atoms with Gasteiger partial charge in [0, 0.05) is 31.9 Å². The molecular weight excluding hydrogens is 480 g/mol. The first-order valence-corrected chi connectivity index (χ1v) is 12.7. The van der Waals surface area contributed by atoms with Gasteiger partial charge in [0.1, 0.15) is 11.9 Å². The van der Waals surface area contributed by atoms with Crippen molar-refractivity contribution in [2.45, 2.75) is 31.8 Å². The number of hydrogen-bond donors (Lipinski definition) is 1. The minimum atomic E-state index is -2.58. The van der Waals surface area contributed by atoms with Crippen LogP contribution in [0.5, 0.6) is 5.75 Å². The molecule has 0 heterocycles. The summed E-state index contributed by atoms with van der Waals surface area (Å²) in [4.78, 5) is 12.5. The molecule has 0 saturated heterocycles. The molecule has 3 rings (SSSR count). The Labute approximate surface area is 229 Å². The van der Waals surface area contributed by atoms with Gasteiger partial charge < -0.3 is 24.1 Å². The number of carbonyl (C=O) groups excluding carboxylic acids is 1. The summed E-state index contributed by atoms with van der Waals surface area (Å²) in [5, 5.41) is 8.83. The highest BCUT2D eigenvalue weighted by molar-refractivity contribution is 5.89. The van der Waals surface area contributed by atoms with Crippen molar-refractivity contribution in [1.29, 1.82) is 0 Å². The van der Waals surface area contributed by atoms with Crippen LogP contribution in [0.4, 0.5) is 0 Å². The Kier molecular flexibility index (Phi) is 10.6. The fourth-order valence-electron chi connectivity index (χ4n) is 3.70. The van der Waals surface area contributed by atoms with Crippen molar-refractivity contribution in [3.05, 3.63) is 89.5 Å². The average Bonchev–Trinajstić information content (AvgIpc) is 2.97. The first kappa shape index (κ1) is 24.7. The van der Waals surface area contributed by atoms with Crippen molar-refractivity contribution in [2.75, 3.05) is 40.6 Å². The minimum absolute atomic E-state index is 0.0111. The van der Waals surface area contributed by atoms with Crippen molar-refractivity contribution in [3.63, 3.8) is 0 Å². The van der Waals surface area contributed by atoms with E-state index >= 15 is 0 Å². The van der Waals surface area contributed by atoms with E-state index in [2.05, 4.69) is 11.8 Å². The highest BCUT2D eigenvalue weighted by Crippen LogP contribution is 2.23. The van der Waals surface area contributed by atoms with E-state index in [1.807, 2.05) is 48.5 Å². The van der Waals surface area contributed by atoms with Crippen LogP contribution >= 0.6 is 0 Å². The average molecular weight is 520 g/mol. The SMILES string of the molecule is [2H]C([2H])([2H])OC[C@H](COC)OC(=O)c1ccc(C#Cc2ccc(-c3ccc(OCCCCCCO)cc3)cc2)cc1. The fourth-order valence-corrected chi connectivity index (χ4v) is 3.70. The zero-order valence-corrected chi connectivity index (χ0v) is 21.7. The first-order chi connectivity index (χ1) is 19.8. The number of methoxy groups -OCH3 is 2. The van der Waals surface area contributed by atoms with Gasteiger partial charge in [-0.05, 0) is 78.9 Å². The smallest absolute Gasteiger partial charge is 0.338 e. The number of aliphatic hydroxyl groups is 1. The molecule has 0 unspecified atom stereocenters. The maximum Gasteiger partial charge on any atom is 0.338 e. The molecule has 1 atom stereocenters. The lowest BCUT2D eigenvalue weighted by molar-refractivity contribution is -0.0223. The molecule has 3 aromatic rings. The van der Waals surface area contributed by atoms with Crippen LogP contribution in [0.3, 0.4) is 0 Å². The van der Waals surface area contributed by atoms with Gasteiger partial charge in [0.15, 0.2) is 0 Å². The summed E-state index contributed by atoms with van der Waals surface area (Å²) >= 11 is 0. The van der Waals surface area contributed by atoms with Crippen LogP contribution in [-0.2, 0) is 14.2 Å². The van der Waals surface area contributed by atoms with Gasteiger partial charge in [-0.3, -0.25) is 0 Å². The van der Waals surface area contributed by atoms with Gasteiger partial charge in [-0.25, -0.2) is 4.79 Å². The van der Waals surface area contributed by atoms with E-state index < -0.39 is 19.1 Å². The Bertz CT molecular complexity index is 1260. The molecule has 0 aliphatic carbocycles. The Morgan fingerprint density at radius 3 is 2.00 bits per heavy atom. The largest absolute Gasteiger partial charge is 0.494 e. The van der Waals surface area contributed by atoms with Crippen LogP contribution in [-0.4, -0.2) is 57.8 Å². The third-order valence-corrected chi connectivity index (χ3v) is 5.76. The molecule has 0 aliphatic rings. The Morgan fingerprint density at radius 1 is 0.816 bits per heavy atom. The molecule has 0 radical (unpaired) electrons. The van der Waals surface area contributed by atoms with E-state index in [9.17, 15) is 4.79 Å². The van der Waals surface area contributed by atoms with Crippen LogP contribution in [0.15, 0.2) is 72.8 Å². The van der Waals surface area contributed by atoms with Crippen LogP contribution < -0.4 is 4.74 Å². The molecule has 0 spiro atoms. The summed E-state index contributed by atoms with van der Waals surface area (Å²) in [5.41, 5.74) is 4.05. The second-order valence-electron chi connectivity index (χ2n) is 8.71. The third kappa shape index (κ3) is 9.68. The Morgan fingerprint density at radius 2 is 1.39 bits per heavy atom. The molecule has 0 amide bonds. The summed E-state index contributed by atoms with van der Waals surface area (Å²) in [7, 11) is -1.15. The lowest BCUT2D eigenvalue weighted by atomic mass is 10.0. The van der Waals surface area contributed by atoms with E-state index in [0.717, 1.165) is 53.7 Å². The second kappa shape index (κ2) is 16.3. The number of hydrogen-bond acceptors (Lipinski definition) is 6. The summed E-state index contributed by atoms with van der Waals surface area (Å²) in [6.07, 6.45) is 3.05. The lowest BCUT2D eigenvalue weighted by Gasteiger charge is -2.16. The predicted molar refractivity (Wildman–Crippen MR) is 148 cm³/mol. The number of rotatable bonds is 14. The van der Waals surface area contributed by atoms with Gasteiger partial charge in [-0.2, -0.15) is 0 Å². The van der Waals surface area contributed by atoms with Crippen LogP contribution in [0, 0.1) is 11.8 Å². The van der Waals surface area contributed by atoms with E-state index in [-0.39, 0.29) is 19.8 Å². The topological polar surface area (TPSA) is 74.2 Å². The number of unbranched alkanes of at least 4 members (excludes halogenated alkanes) is 3. The monoisotopic (exact) mass is 519 g/mol. The molecule has 0 fully saturated rings. The van der Waals surface area contributed by atoms with Crippen molar-refractivity contribution in [1.82, 2.24) is 0 Å². The van der Waals surface area contributed by atoms with Crippen LogP contribution in [0.1, 0.15) is 51.3 Å². The highest BCUT2D eigenvalue weighted by atomic mass is 16.6. The first-order valence-electron chi connectivity index (χ1n) is 14.2. The molecule has 0 bridgehead atoms. The standard InChI is InChI=1S/C32H36O6/c1-35-23-31(24-36-2)38-32(34)29-15-11-26(12-16-29)8-7-25-9-13-27(14-10-25)28-17-19-30(20-18-28)37-22-6-4-3-5-21-33/h9-20,31,33H,3-6,21-24H2,1-2H3/i1D3/t31-/m1/s1. The quantitative estimate of drug-likeness (QED) is 0.172. The van der Waals surface area contributed by atoms with E-state index in [1.54, 1.807) is 24.3 Å². The van der Waals surface area contributed by atoms with Gasteiger partial charge in [0.05, 0.1) is 29.5 Å². The highest BCUT2D eigenvalue weighted by Gasteiger charge is 2.15.